The number of unbranched alkanes of at least 4 members (excludes halogenated alkanes) is 3. The zero-order valence-corrected chi connectivity index (χ0v) is 11.9. The summed E-state index contributed by atoms with van der Waals surface area (Å²) in [5.41, 5.74) is 0.459. The van der Waals surface area contributed by atoms with Gasteiger partial charge in [0.25, 0.3) is 5.91 Å². The van der Waals surface area contributed by atoms with E-state index in [2.05, 4.69) is 5.32 Å². The molecular formula is C12H18Cl2N2O2. The highest BCUT2D eigenvalue weighted by molar-refractivity contribution is 6.41. The van der Waals surface area contributed by atoms with Crippen LogP contribution in [0.1, 0.15) is 36.2 Å². The molecule has 2 N–H and O–H groups in total. The summed E-state index contributed by atoms with van der Waals surface area (Å²) in [6.07, 6.45) is 3.69. The molecule has 0 fully saturated rings. The molecule has 0 aliphatic rings. The number of rotatable bonds is 7. The van der Waals surface area contributed by atoms with E-state index in [1.165, 1.54) is 0 Å². The van der Waals surface area contributed by atoms with E-state index in [4.69, 9.17) is 28.3 Å². The normalized spacial score (nSPS) is 10.7. The van der Waals surface area contributed by atoms with Crippen molar-refractivity contribution in [1.29, 1.82) is 0 Å². The first-order valence-corrected chi connectivity index (χ1v) is 6.73. The molecule has 0 atom stereocenters. The summed E-state index contributed by atoms with van der Waals surface area (Å²) in [4.78, 5) is 11.8. The van der Waals surface area contributed by atoms with Crippen molar-refractivity contribution in [1.82, 2.24) is 9.88 Å². The first kappa shape index (κ1) is 15.3. The van der Waals surface area contributed by atoms with Gasteiger partial charge in [0, 0.05) is 20.2 Å². The van der Waals surface area contributed by atoms with Gasteiger partial charge in [0.2, 0.25) is 0 Å². The highest BCUT2D eigenvalue weighted by atomic mass is 35.5. The zero-order chi connectivity index (χ0) is 13.5. The summed E-state index contributed by atoms with van der Waals surface area (Å²) >= 11 is 11.7. The predicted molar refractivity (Wildman–Crippen MR) is 73.3 cm³/mol. The lowest BCUT2D eigenvalue weighted by Crippen LogP contribution is -2.26. The summed E-state index contributed by atoms with van der Waals surface area (Å²) < 4.78 is 1.56. The van der Waals surface area contributed by atoms with E-state index in [1.54, 1.807) is 17.7 Å². The molecule has 1 rings (SSSR count). The van der Waals surface area contributed by atoms with Crippen LogP contribution in [-0.2, 0) is 7.05 Å². The molecule has 1 amide bonds. The molecule has 0 unspecified atom stereocenters. The molecule has 0 aromatic carbocycles. The highest BCUT2D eigenvalue weighted by Crippen LogP contribution is 2.24. The van der Waals surface area contributed by atoms with Crippen LogP contribution in [-0.4, -0.2) is 28.7 Å². The van der Waals surface area contributed by atoms with Crippen molar-refractivity contribution in [2.24, 2.45) is 7.05 Å². The predicted octanol–water partition coefficient (Wildman–Crippen LogP) is 2.61. The molecule has 0 spiro atoms. The van der Waals surface area contributed by atoms with Gasteiger partial charge in [-0.3, -0.25) is 4.79 Å². The Balaban J connectivity index is 2.34. The molecule has 18 heavy (non-hydrogen) atoms. The second kappa shape index (κ2) is 7.67. The van der Waals surface area contributed by atoms with E-state index >= 15 is 0 Å². The van der Waals surface area contributed by atoms with Crippen molar-refractivity contribution in [3.05, 3.63) is 21.9 Å². The minimum Gasteiger partial charge on any atom is -0.396 e. The van der Waals surface area contributed by atoms with Crippen molar-refractivity contribution < 1.29 is 9.90 Å². The van der Waals surface area contributed by atoms with Gasteiger partial charge in [-0.25, -0.2) is 0 Å². The molecule has 0 saturated heterocycles. The first-order valence-electron chi connectivity index (χ1n) is 5.97. The van der Waals surface area contributed by atoms with E-state index in [9.17, 15) is 4.79 Å². The van der Waals surface area contributed by atoms with Crippen LogP contribution in [0.2, 0.25) is 10.2 Å². The maximum Gasteiger partial charge on any atom is 0.267 e. The third kappa shape index (κ3) is 4.19. The molecule has 0 bridgehead atoms. The minimum absolute atomic E-state index is 0.173. The number of nitrogens with one attached hydrogen (secondary N) is 1. The molecule has 0 radical (unpaired) electrons. The fourth-order valence-electron chi connectivity index (χ4n) is 1.64. The van der Waals surface area contributed by atoms with Crippen molar-refractivity contribution in [3.63, 3.8) is 0 Å². The molecule has 0 saturated carbocycles. The van der Waals surface area contributed by atoms with Crippen LogP contribution >= 0.6 is 23.2 Å². The smallest absolute Gasteiger partial charge is 0.267 e. The minimum atomic E-state index is -0.173. The maximum atomic E-state index is 11.8. The Hall–Kier alpha value is -0.710. The number of carbonyl (C=O) groups is 1. The molecule has 0 aliphatic carbocycles. The Labute approximate surface area is 117 Å². The van der Waals surface area contributed by atoms with Crippen LogP contribution < -0.4 is 5.32 Å². The van der Waals surface area contributed by atoms with Gasteiger partial charge in [-0.15, -0.1) is 0 Å². The number of aliphatic hydroxyl groups is 1. The fraction of sp³-hybridized carbons (Fsp3) is 0.583. The first-order chi connectivity index (χ1) is 8.57. The van der Waals surface area contributed by atoms with Gasteiger partial charge in [0.15, 0.2) is 0 Å². The topological polar surface area (TPSA) is 54.3 Å². The van der Waals surface area contributed by atoms with Crippen molar-refractivity contribution >= 4 is 29.1 Å². The summed E-state index contributed by atoms with van der Waals surface area (Å²) in [6.45, 7) is 0.845. The molecule has 102 valence electrons. The number of halogens is 2. The zero-order valence-electron chi connectivity index (χ0n) is 10.4. The monoisotopic (exact) mass is 292 g/mol. The lowest BCUT2D eigenvalue weighted by molar-refractivity contribution is 0.0944. The molecular weight excluding hydrogens is 275 g/mol. The Morgan fingerprint density at radius 1 is 1.33 bits per heavy atom. The lowest BCUT2D eigenvalue weighted by Gasteiger charge is -2.06. The number of amides is 1. The molecule has 4 nitrogen and oxygen atoms in total. The third-order valence-electron chi connectivity index (χ3n) is 2.72. The van der Waals surface area contributed by atoms with Crippen LogP contribution in [0.4, 0.5) is 0 Å². The van der Waals surface area contributed by atoms with Gasteiger partial charge in [0.05, 0.1) is 5.02 Å². The van der Waals surface area contributed by atoms with Crippen LogP contribution in [0, 0.1) is 0 Å². The standard InChI is InChI=1S/C12H18Cl2N2O2/c1-16-10(8-9(13)11(16)14)12(18)15-6-4-2-3-5-7-17/h8,17H,2-7H2,1H3,(H,15,18). The van der Waals surface area contributed by atoms with Gasteiger partial charge in [-0.05, 0) is 18.9 Å². The summed E-state index contributed by atoms with van der Waals surface area (Å²) in [5.74, 6) is -0.173. The van der Waals surface area contributed by atoms with E-state index in [0.29, 0.717) is 22.4 Å². The molecule has 1 heterocycles. The number of nitrogens with zero attached hydrogens (tertiary/aromatic N) is 1. The fourth-order valence-corrected chi connectivity index (χ4v) is 2.02. The summed E-state index contributed by atoms with van der Waals surface area (Å²) in [6, 6.07) is 1.56. The Morgan fingerprint density at radius 3 is 2.56 bits per heavy atom. The number of hydrogen-bond donors (Lipinski definition) is 2. The van der Waals surface area contributed by atoms with Crippen molar-refractivity contribution in [2.75, 3.05) is 13.2 Å². The van der Waals surface area contributed by atoms with Crippen LogP contribution in [0.5, 0.6) is 0 Å². The van der Waals surface area contributed by atoms with E-state index in [1.807, 2.05) is 0 Å². The Bertz CT molecular complexity index is 405. The lowest BCUT2D eigenvalue weighted by atomic mass is 10.2. The molecule has 1 aromatic rings. The Morgan fingerprint density at radius 2 is 2.00 bits per heavy atom. The maximum absolute atomic E-state index is 11.8. The van der Waals surface area contributed by atoms with Crippen molar-refractivity contribution in [3.8, 4) is 0 Å². The number of aliphatic hydroxyl groups excluding tert-OH is 1. The van der Waals surface area contributed by atoms with Gasteiger partial charge in [0.1, 0.15) is 10.8 Å². The number of carbonyl (C=O) groups excluding carboxylic acids is 1. The van der Waals surface area contributed by atoms with E-state index in [-0.39, 0.29) is 12.5 Å². The van der Waals surface area contributed by atoms with Gasteiger partial charge >= 0.3 is 0 Å². The SMILES string of the molecule is Cn1c(C(=O)NCCCCCCO)cc(Cl)c1Cl. The molecule has 6 heteroatoms. The number of aromatic nitrogens is 1. The van der Waals surface area contributed by atoms with Gasteiger partial charge in [-0.1, -0.05) is 36.0 Å². The third-order valence-corrected chi connectivity index (χ3v) is 3.56. The molecule has 0 aliphatic heterocycles. The average Bonchev–Trinajstić information content (AvgIpc) is 2.61. The van der Waals surface area contributed by atoms with E-state index < -0.39 is 0 Å². The van der Waals surface area contributed by atoms with Gasteiger partial charge < -0.3 is 15.0 Å². The second-order valence-corrected chi connectivity index (χ2v) is 4.89. The van der Waals surface area contributed by atoms with Crippen LogP contribution in [0.25, 0.3) is 0 Å². The Kier molecular flexibility index (Phi) is 6.54. The summed E-state index contributed by atoms with van der Waals surface area (Å²) in [7, 11) is 1.70. The highest BCUT2D eigenvalue weighted by Gasteiger charge is 2.14. The van der Waals surface area contributed by atoms with E-state index in [0.717, 1.165) is 25.7 Å². The summed E-state index contributed by atoms with van der Waals surface area (Å²) in [5, 5.41) is 12.2. The second-order valence-electron chi connectivity index (χ2n) is 4.12. The molecule has 1 aromatic heterocycles. The quantitative estimate of drug-likeness (QED) is 0.759. The number of hydrogen-bond acceptors (Lipinski definition) is 2. The average molecular weight is 293 g/mol. The van der Waals surface area contributed by atoms with Crippen LogP contribution in [0.3, 0.4) is 0 Å². The van der Waals surface area contributed by atoms with Gasteiger partial charge in [-0.2, -0.15) is 0 Å². The largest absolute Gasteiger partial charge is 0.396 e. The van der Waals surface area contributed by atoms with Crippen LogP contribution in [0.15, 0.2) is 6.07 Å². The van der Waals surface area contributed by atoms with Crippen molar-refractivity contribution in [2.45, 2.75) is 25.7 Å².